The number of aliphatic hydroxyl groups is 1. The van der Waals surface area contributed by atoms with Gasteiger partial charge in [0, 0.05) is 25.4 Å². The highest BCUT2D eigenvalue weighted by molar-refractivity contribution is 5.77. The molecule has 1 aliphatic heterocycles. The number of aromatic nitrogens is 1. The molecule has 2 rings (SSSR count). The monoisotopic (exact) mass is 264 g/mol. The molecular weight excluding hydrogens is 244 g/mol. The average Bonchev–Trinajstić information content (AvgIpc) is 2.46. The number of aryl methyl sites for hydroxylation is 1. The van der Waals surface area contributed by atoms with E-state index in [1.807, 2.05) is 19.1 Å². The summed E-state index contributed by atoms with van der Waals surface area (Å²) in [6.45, 7) is 2.89. The lowest BCUT2D eigenvalue weighted by molar-refractivity contribution is -0.146. The first-order valence-electron chi connectivity index (χ1n) is 6.61. The minimum atomic E-state index is -0.251. The van der Waals surface area contributed by atoms with Gasteiger partial charge in [-0.1, -0.05) is 6.07 Å². The summed E-state index contributed by atoms with van der Waals surface area (Å²) in [6, 6.07) is 3.92. The van der Waals surface area contributed by atoms with Gasteiger partial charge in [-0.25, -0.2) is 0 Å². The fraction of sp³-hybridized carbons (Fsp3) is 0.571. The van der Waals surface area contributed by atoms with Gasteiger partial charge in [0.05, 0.1) is 25.4 Å². The van der Waals surface area contributed by atoms with E-state index in [1.165, 1.54) is 0 Å². The predicted molar refractivity (Wildman–Crippen MR) is 70.6 cm³/mol. The van der Waals surface area contributed by atoms with Crippen LogP contribution in [0, 0.1) is 0 Å². The zero-order valence-corrected chi connectivity index (χ0v) is 11.2. The summed E-state index contributed by atoms with van der Waals surface area (Å²) in [7, 11) is 0. The highest BCUT2D eigenvalue weighted by Gasteiger charge is 2.28. The molecule has 0 radical (unpaired) electrons. The molecule has 2 atom stereocenters. The van der Waals surface area contributed by atoms with Crippen molar-refractivity contribution in [1.82, 2.24) is 9.88 Å². The van der Waals surface area contributed by atoms with Crippen molar-refractivity contribution < 1.29 is 14.6 Å². The second-order valence-electron chi connectivity index (χ2n) is 4.89. The first-order valence-corrected chi connectivity index (χ1v) is 6.61. The van der Waals surface area contributed by atoms with Gasteiger partial charge in [-0.05, 0) is 25.0 Å². The second kappa shape index (κ2) is 6.63. The highest BCUT2D eigenvalue weighted by Crippen LogP contribution is 2.14. The van der Waals surface area contributed by atoms with Crippen LogP contribution >= 0.6 is 0 Å². The van der Waals surface area contributed by atoms with Crippen molar-refractivity contribution in [2.45, 2.75) is 31.9 Å². The first-order chi connectivity index (χ1) is 9.20. The molecule has 5 heteroatoms. The lowest BCUT2D eigenvalue weighted by atomic mass is 10.1. The second-order valence-corrected chi connectivity index (χ2v) is 4.89. The molecule has 0 saturated carbocycles. The molecule has 0 bridgehead atoms. The smallest absolute Gasteiger partial charge is 0.223 e. The van der Waals surface area contributed by atoms with Gasteiger partial charge in [0.25, 0.3) is 0 Å². The Kier molecular flexibility index (Phi) is 4.87. The summed E-state index contributed by atoms with van der Waals surface area (Å²) >= 11 is 0. The third kappa shape index (κ3) is 3.75. The van der Waals surface area contributed by atoms with Crippen molar-refractivity contribution in [3.8, 4) is 0 Å². The van der Waals surface area contributed by atoms with Crippen LogP contribution in [0.2, 0.25) is 0 Å². The Bertz CT molecular complexity index is 410. The van der Waals surface area contributed by atoms with Crippen LogP contribution < -0.4 is 0 Å². The molecule has 2 heterocycles. The number of hydrogen-bond donors (Lipinski definition) is 1. The molecule has 19 heavy (non-hydrogen) atoms. The van der Waals surface area contributed by atoms with Crippen molar-refractivity contribution in [2.24, 2.45) is 0 Å². The number of amides is 1. The van der Waals surface area contributed by atoms with Crippen molar-refractivity contribution >= 4 is 5.91 Å². The van der Waals surface area contributed by atoms with Gasteiger partial charge in [-0.3, -0.25) is 9.78 Å². The van der Waals surface area contributed by atoms with Gasteiger partial charge in [0.2, 0.25) is 5.91 Å². The van der Waals surface area contributed by atoms with E-state index in [-0.39, 0.29) is 24.7 Å². The van der Waals surface area contributed by atoms with Crippen molar-refractivity contribution in [2.75, 3.05) is 19.8 Å². The van der Waals surface area contributed by atoms with Crippen LogP contribution in [0.15, 0.2) is 24.5 Å². The molecule has 1 aliphatic rings. The molecule has 1 aromatic rings. The normalized spacial score (nSPS) is 23.4. The largest absolute Gasteiger partial charge is 0.394 e. The number of hydrogen-bond acceptors (Lipinski definition) is 4. The van der Waals surface area contributed by atoms with Gasteiger partial charge in [-0.2, -0.15) is 0 Å². The minimum absolute atomic E-state index is 0.0426. The van der Waals surface area contributed by atoms with E-state index in [2.05, 4.69) is 4.98 Å². The van der Waals surface area contributed by atoms with Crippen LogP contribution in [-0.2, 0) is 16.0 Å². The standard InChI is InChI=1S/C14H20N2O3/c1-11-10-19-13(9-17)8-16(11)14(18)5-4-12-3-2-6-15-7-12/h2-3,6-7,11,13,17H,4-5,8-10H2,1H3. The predicted octanol–water partition coefficient (Wildman–Crippen LogP) is 0.622. The SMILES string of the molecule is CC1COC(CO)CN1C(=O)CCc1cccnc1. The van der Waals surface area contributed by atoms with Gasteiger partial charge >= 0.3 is 0 Å². The molecule has 1 N–H and O–H groups in total. The fourth-order valence-corrected chi connectivity index (χ4v) is 2.22. The maximum absolute atomic E-state index is 12.2. The molecule has 1 amide bonds. The number of nitrogens with zero attached hydrogens (tertiary/aromatic N) is 2. The summed E-state index contributed by atoms with van der Waals surface area (Å²) in [6.07, 6.45) is 4.42. The Morgan fingerprint density at radius 2 is 2.47 bits per heavy atom. The van der Waals surface area contributed by atoms with Crippen LogP contribution in [-0.4, -0.2) is 52.8 Å². The summed E-state index contributed by atoms with van der Waals surface area (Å²) in [4.78, 5) is 18.1. The Balaban J connectivity index is 1.88. The lowest BCUT2D eigenvalue weighted by Gasteiger charge is -2.37. The van der Waals surface area contributed by atoms with Crippen molar-refractivity contribution in [1.29, 1.82) is 0 Å². The summed E-state index contributed by atoms with van der Waals surface area (Å²) in [5.41, 5.74) is 1.07. The van der Waals surface area contributed by atoms with Crippen LogP contribution in [0.4, 0.5) is 0 Å². The zero-order chi connectivity index (χ0) is 13.7. The number of morpholine rings is 1. The number of carbonyl (C=O) groups excluding carboxylic acids is 1. The molecular formula is C14H20N2O3. The molecule has 5 nitrogen and oxygen atoms in total. The van der Waals surface area contributed by atoms with Gasteiger partial charge in [0.1, 0.15) is 0 Å². The van der Waals surface area contributed by atoms with E-state index in [9.17, 15) is 4.79 Å². The summed E-state index contributed by atoms with van der Waals surface area (Å²) in [5, 5.41) is 9.11. The highest BCUT2D eigenvalue weighted by atomic mass is 16.5. The Hall–Kier alpha value is -1.46. The third-order valence-electron chi connectivity index (χ3n) is 3.38. The lowest BCUT2D eigenvalue weighted by Crippen LogP contribution is -2.52. The number of pyridine rings is 1. The molecule has 0 aromatic carbocycles. The number of aliphatic hydroxyl groups excluding tert-OH is 1. The van der Waals surface area contributed by atoms with E-state index in [0.717, 1.165) is 5.56 Å². The molecule has 1 fully saturated rings. The molecule has 1 aromatic heterocycles. The summed E-state index contributed by atoms with van der Waals surface area (Å²) in [5.74, 6) is 0.109. The van der Waals surface area contributed by atoms with E-state index in [1.54, 1.807) is 17.3 Å². The maximum atomic E-state index is 12.2. The van der Waals surface area contributed by atoms with Crippen molar-refractivity contribution in [3.63, 3.8) is 0 Å². The van der Waals surface area contributed by atoms with Crippen LogP contribution in [0.5, 0.6) is 0 Å². The molecule has 0 spiro atoms. The van der Waals surface area contributed by atoms with Crippen LogP contribution in [0.3, 0.4) is 0 Å². The molecule has 0 aliphatic carbocycles. The fourth-order valence-electron chi connectivity index (χ4n) is 2.22. The molecule has 1 saturated heterocycles. The van der Waals surface area contributed by atoms with E-state index < -0.39 is 0 Å². The van der Waals surface area contributed by atoms with Crippen molar-refractivity contribution in [3.05, 3.63) is 30.1 Å². The maximum Gasteiger partial charge on any atom is 0.223 e. The Labute approximate surface area is 113 Å². The minimum Gasteiger partial charge on any atom is -0.394 e. The zero-order valence-electron chi connectivity index (χ0n) is 11.2. The van der Waals surface area contributed by atoms with Gasteiger partial charge < -0.3 is 14.7 Å². The Morgan fingerprint density at radius 1 is 1.63 bits per heavy atom. The molecule has 104 valence electrons. The topological polar surface area (TPSA) is 62.7 Å². The number of carbonyl (C=O) groups is 1. The van der Waals surface area contributed by atoms with Crippen LogP contribution in [0.25, 0.3) is 0 Å². The number of rotatable bonds is 4. The Morgan fingerprint density at radius 3 is 3.16 bits per heavy atom. The van der Waals surface area contributed by atoms with E-state index in [4.69, 9.17) is 9.84 Å². The van der Waals surface area contributed by atoms with Gasteiger partial charge in [-0.15, -0.1) is 0 Å². The average molecular weight is 264 g/mol. The van der Waals surface area contributed by atoms with Crippen LogP contribution in [0.1, 0.15) is 18.9 Å². The number of ether oxygens (including phenoxy) is 1. The van der Waals surface area contributed by atoms with E-state index >= 15 is 0 Å². The van der Waals surface area contributed by atoms with E-state index in [0.29, 0.717) is 26.0 Å². The quantitative estimate of drug-likeness (QED) is 0.866. The molecule has 2 unspecified atom stereocenters. The van der Waals surface area contributed by atoms with Gasteiger partial charge in [0.15, 0.2) is 0 Å². The first kappa shape index (κ1) is 14.0. The summed E-state index contributed by atoms with van der Waals surface area (Å²) < 4.78 is 5.43. The third-order valence-corrected chi connectivity index (χ3v) is 3.38.